The minimum Gasteiger partial charge on any atom is -0.361 e. The summed E-state index contributed by atoms with van der Waals surface area (Å²) in [7, 11) is 0. The largest absolute Gasteiger partial charge is 0.361 e. The third kappa shape index (κ3) is 3.63. The molecule has 2 aromatic rings. The molecule has 0 aliphatic carbocycles. The summed E-state index contributed by atoms with van der Waals surface area (Å²) in [6.45, 7) is 7.20. The predicted octanol–water partition coefficient (Wildman–Crippen LogP) is 2.94. The quantitative estimate of drug-likeness (QED) is 0.866. The van der Waals surface area contributed by atoms with Gasteiger partial charge in [-0.05, 0) is 51.5 Å². The maximum atomic E-state index is 11.5. The van der Waals surface area contributed by atoms with E-state index in [2.05, 4.69) is 15.1 Å². The lowest BCUT2D eigenvalue weighted by molar-refractivity contribution is -0.128. The second kappa shape index (κ2) is 7.11. The van der Waals surface area contributed by atoms with Gasteiger partial charge in [0.25, 0.3) is 0 Å². The van der Waals surface area contributed by atoms with Gasteiger partial charge in [-0.15, -0.1) is 0 Å². The molecule has 24 heavy (non-hydrogen) atoms. The Morgan fingerprint density at radius 1 is 1.29 bits per heavy atom. The molecule has 1 aliphatic heterocycles. The SMILES string of the molecule is CC(=O)N1CCCC(Cc2cc(-c3c(C)noc3C)ncn2)CC1. The number of aryl methyl sites for hydroxylation is 2. The van der Waals surface area contributed by atoms with Crippen molar-refractivity contribution in [2.75, 3.05) is 13.1 Å². The number of amides is 1. The van der Waals surface area contributed by atoms with E-state index in [-0.39, 0.29) is 5.91 Å². The van der Waals surface area contributed by atoms with E-state index in [0.717, 1.165) is 67.2 Å². The van der Waals surface area contributed by atoms with E-state index in [9.17, 15) is 4.79 Å². The van der Waals surface area contributed by atoms with Crippen LogP contribution in [0.2, 0.25) is 0 Å². The van der Waals surface area contributed by atoms with Crippen LogP contribution in [0.3, 0.4) is 0 Å². The Kier molecular flexibility index (Phi) is 4.92. The summed E-state index contributed by atoms with van der Waals surface area (Å²) in [5.41, 5.74) is 3.72. The van der Waals surface area contributed by atoms with Crippen molar-refractivity contribution < 1.29 is 9.32 Å². The zero-order valence-electron chi connectivity index (χ0n) is 14.6. The molecule has 1 aliphatic rings. The molecule has 3 rings (SSSR count). The van der Waals surface area contributed by atoms with Crippen molar-refractivity contribution in [2.45, 2.75) is 46.5 Å². The summed E-state index contributed by atoms with van der Waals surface area (Å²) in [5.74, 6) is 1.52. The van der Waals surface area contributed by atoms with E-state index in [1.54, 1.807) is 13.3 Å². The van der Waals surface area contributed by atoms with Crippen LogP contribution in [0, 0.1) is 19.8 Å². The lowest BCUT2D eigenvalue weighted by Crippen LogP contribution is -2.29. The molecule has 1 fully saturated rings. The highest BCUT2D eigenvalue weighted by atomic mass is 16.5. The maximum Gasteiger partial charge on any atom is 0.219 e. The number of nitrogens with zero attached hydrogens (tertiary/aromatic N) is 4. The van der Waals surface area contributed by atoms with Gasteiger partial charge < -0.3 is 9.42 Å². The molecule has 1 unspecified atom stereocenters. The van der Waals surface area contributed by atoms with Gasteiger partial charge in [0.2, 0.25) is 5.91 Å². The number of hydrogen-bond donors (Lipinski definition) is 0. The fourth-order valence-electron chi connectivity index (χ4n) is 3.47. The molecule has 1 amide bonds. The first-order valence-corrected chi connectivity index (χ1v) is 8.54. The van der Waals surface area contributed by atoms with E-state index < -0.39 is 0 Å². The van der Waals surface area contributed by atoms with Crippen LogP contribution < -0.4 is 0 Å². The third-order valence-electron chi connectivity index (χ3n) is 4.80. The smallest absolute Gasteiger partial charge is 0.219 e. The topological polar surface area (TPSA) is 72.1 Å². The van der Waals surface area contributed by atoms with Gasteiger partial charge >= 0.3 is 0 Å². The lowest BCUT2D eigenvalue weighted by Gasteiger charge is -2.18. The maximum absolute atomic E-state index is 11.5. The number of carbonyl (C=O) groups excluding carboxylic acids is 1. The molecular formula is C18H24N4O2. The molecule has 0 radical (unpaired) electrons. The molecule has 0 bridgehead atoms. The second-order valence-corrected chi connectivity index (χ2v) is 6.60. The number of rotatable bonds is 3. The number of likely N-dealkylation sites (tertiary alicyclic amines) is 1. The summed E-state index contributed by atoms with van der Waals surface area (Å²) in [4.78, 5) is 22.3. The molecule has 0 N–H and O–H groups in total. The Balaban J connectivity index is 1.72. The summed E-state index contributed by atoms with van der Waals surface area (Å²) < 4.78 is 5.24. The average Bonchev–Trinajstić information content (AvgIpc) is 2.74. The highest BCUT2D eigenvalue weighted by Gasteiger charge is 2.20. The Bertz CT molecular complexity index is 706. The molecule has 3 heterocycles. The van der Waals surface area contributed by atoms with Gasteiger partial charge in [-0.3, -0.25) is 4.79 Å². The van der Waals surface area contributed by atoms with Crippen molar-refractivity contribution in [3.63, 3.8) is 0 Å². The molecular weight excluding hydrogens is 304 g/mol. The van der Waals surface area contributed by atoms with Gasteiger partial charge in [-0.1, -0.05) is 5.16 Å². The molecule has 0 saturated carbocycles. The van der Waals surface area contributed by atoms with Crippen molar-refractivity contribution in [3.8, 4) is 11.3 Å². The zero-order valence-corrected chi connectivity index (χ0v) is 14.6. The number of hydrogen-bond acceptors (Lipinski definition) is 5. The summed E-state index contributed by atoms with van der Waals surface area (Å²) in [6.07, 6.45) is 5.77. The second-order valence-electron chi connectivity index (χ2n) is 6.60. The van der Waals surface area contributed by atoms with Gasteiger partial charge in [-0.25, -0.2) is 9.97 Å². The monoisotopic (exact) mass is 328 g/mol. The molecule has 2 aromatic heterocycles. The van der Waals surface area contributed by atoms with Crippen LogP contribution in [0.25, 0.3) is 11.3 Å². The molecule has 0 aromatic carbocycles. The Morgan fingerprint density at radius 3 is 2.83 bits per heavy atom. The summed E-state index contributed by atoms with van der Waals surface area (Å²) in [6, 6.07) is 2.04. The van der Waals surface area contributed by atoms with Crippen molar-refractivity contribution in [1.29, 1.82) is 0 Å². The Labute approximate surface area is 142 Å². The van der Waals surface area contributed by atoms with Crippen LogP contribution in [-0.4, -0.2) is 39.0 Å². The zero-order chi connectivity index (χ0) is 17.1. The van der Waals surface area contributed by atoms with Crippen molar-refractivity contribution in [3.05, 3.63) is 29.5 Å². The van der Waals surface area contributed by atoms with Crippen LogP contribution >= 0.6 is 0 Å². The van der Waals surface area contributed by atoms with Gasteiger partial charge in [0, 0.05) is 25.7 Å². The number of aromatic nitrogens is 3. The van der Waals surface area contributed by atoms with Crippen molar-refractivity contribution in [1.82, 2.24) is 20.0 Å². The fourth-order valence-corrected chi connectivity index (χ4v) is 3.47. The molecule has 6 nitrogen and oxygen atoms in total. The molecule has 1 saturated heterocycles. The van der Waals surface area contributed by atoms with Crippen LogP contribution in [0.5, 0.6) is 0 Å². The molecule has 6 heteroatoms. The Morgan fingerprint density at radius 2 is 2.12 bits per heavy atom. The van der Waals surface area contributed by atoms with Gasteiger partial charge in [-0.2, -0.15) is 0 Å². The summed E-state index contributed by atoms with van der Waals surface area (Å²) >= 11 is 0. The first kappa shape index (κ1) is 16.6. The first-order chi connectivity index (χ1) is 11.5. The lowest BCUT2D eigenvalue weighted by atomic mass is 9.94. The van der Waals surface area contributed by atoms with E-state index in [1.807, 2.05) is 24.8 Å². The van der Waals surface area contributed by atoms with Crippen LogP contribution in [0.15, 0.2) is 16.9 Å². The van der Waals surface area contributed by atoms with E-state index in [4.69, 9.17) is 4.52 Å². The predicted molar refractivity (Wildman–Crippen MR) is 90.3 cm³/mol. The molecule has 128 valence electrons. The van der Waals surface area contributed by atoms with Crippen molar-refractivity contribution >= 4 is 5.91 Å². The van der Waals surface area contributed by atoms with E-state index in [1.165, 1.54) is 0 Å². The highest BCUT2D eigenvalue weighted by Crippen LogP contribution is 2.27. The standard InChI is InChI=1S/C18H24N4O2/c1-12-18(13(2)24-21-12)17-10-16(19-11-20-17)9-15-5-4-7-22(8-6-15)14(3)23/h10-11,15H,4-9H2,1-3H3. The van der Waals surface area contributed by atoms with Gasteiger partial charge in [0.15, 0.2) is 0 Å². The van der Waals surface area contributed by atoms with E-state index >= 15 is 0 Å². The molecule has 0 spiro atoms. The third-order valence-corrected chi connectivity index (χ3v) is 4.80. The Hall–Kier alpha value is -2.24. The van der Waals surface area contributed by atoms with Crippen molar-refractivity contribution in [2.24, 2.45) is 5.92 Å². The van der Waals surface area contributed by atoms with Gasteiger partial charge in [0.05, 0.1) is 17.0 Å². The first-order valence-electron chi connectivity index (χ1n) is 8.54. The van der Waals surface area contributed by atoms with Gasteiger partial charge in [0.1, 0.15) is 12.1 Å². The van der Waals surface area contributed by atoms with E-state index in [0.29, 0.717) is 5.92 Å². The van der Waals surface area contributed by atoms with Crippen LogP contribution in [0.4, 0.5) is 0 Å². The minimum atomic E-state index is 0.179. The van der Waals surface area contributed by atoms with Crippen LogP contribution in [0.1, 0.15) is 43.3 Å². The minimum absolute atomic E-state index is 0.179. The fraction of sp³-hybridized carbons (Fsp3) is 0.556. The summed E-state index contributed by atoms with van der Waals surface area (Å²) in [5, 5.41) is 4.00. The van der Waals surface area contributed by atoms with Crippen LogP contribution in [-0.2, 0) is 11.2 Å². The highest BCUT2D eigenvalue weighted by molar-refractivity contribution is 5.73. The molecule has 1 atom stereocenters. The average molecular weight is 328 g/mol. The number of carbonyl (C=O) groups is 1. The normalized spacial score (nSPS) is 18.5.